The molecule has 0 heterocycles. The van der Waals surface area contributed by atoms with Crippen LogP contribution in [-0.4, -0.2) is 32.3 Å². The molecule has 24 heavy (non-hydrogen) atoms. The number of rotatable bonds is 5. The molecule has 0 aliphatic rings. The second-order valence-electron chi connectivity index (χ2n) is 4.71. The Hall–Kier alpha value is -2.67. The molecule has 0 atom stereocenters. The number of hydrogen-bond acceptors (Lipinski definition) is 5. The van der Waals surface area contributed by atoms with Crippen molar-refractivity contribution in [3.63, 3.8) is 0 Å². The van der Waals surface area contributed by atoms with Gasteiger partial charge in [-0.3, -0.25) is 9.59 Å². The van der Waals surface area contributed by atoms with Gasteiger partial charge in [-0.15, -0.1) is 11.8 Å². The van der Waals surface area contributed by atoms with Crippen molar-refractivity contribution in [1.29, 1.82) is 0 Å². The highest BCUT2D eigenvalue weighted by Gasteiger charge is 2.17. The Morgan fingerprint density at radius 1 is 0.958 bits per heavy atom. The molecule has 0 aromatic heterocycles. The molecule has 0 saturated carbocycles. The highest BCUT2D eigenvalue weighted by molar-refractivity contribution is 7.98. The second kappa shape index (κ2) is 8.26. The van der Waals surface area contributed by atoms with Crippen LogP contribution in [0.3, 0.4) is 0 Å². The lowest BCUT2D eigenvalue weighted by molar-refractivity contribution is -0.133. The molecular weight excluding hydrogens is 328 g/mol. The number of ether oxygens (including phenoxy) is 2. The van der Waals surface area contributed by atoms with E-state index in [4.69, 9.17) is 9.47 Å². The molecule has 0 bridgehead atoms. The SMILES string of the molecule is COc1ccc(OC)c(NC(=O)C(=O)Nc2cccc(SC)c2)c1. The fourth-order valence-electron chi connectivity index (χ4n) is 1.98. The summed E-state index contributed by atoms with van der Waals surface area (Å²) in [5.41, 5.74) is 0.912. The fraction of sp³-hybridized carbons (Fsp3) is 0.176. The van der Waals surface area contributed by atoms with Crippen LogP contribution in [0, 0.1) is 0 Å². The number of anilines is 2. The van der Waals surface area contributed by atoms with E-state index >= 15 is 0 Å². The summed E-state index contributed by atoms with van der Waals surface area (Å²) in [6, 6.07) is 12.2. The van der Waals surface area contributed by atoms with Crippen molar-refractivity contribution >= 4 is 35.0 Å². The first-order valence-electron chi connectivity index (χ1n) is 7.05. The third-order valence-electron chi connectivity index (χ3n) is 3.19. The molecule has 7 heteroatoms. The second-order valence-corrected chi connectivity index (χ2v) is 5.59. The smallest absolute Gasteiger partial charge is 0.314 e. The largest absolute Gasteiger partial charge is 0.497 e. The van der Waals surface area contributed by atoms with Crippen LogP contribution in [0.15, 0.2) is 47.4 Å². The molecule has 0 saturated heterocycles. The molecule has 0 fully saturated rings. The van der Waals surface area contributed by atoms with E-state index in [2.05, 4.69) is 10.6 Å². The van der Waals surface area contributed by atoms with Crippen LogP contribution in [0.4, 0.5) is 11.4 Å². The molecular formula is C17H18N2O4S. The maximum Gasteiger partial charge on any atom is 0.314 e. The maximum atomic E-state index is 12.1. The van der Waals surface area contributed by atoms with Crippen molar-refractivity contribution < 1.29 is 19.1 Å². The van der Waals surface area contributed by atoms with Crippen LogP contribution in [0.1, 0.15) is 0 Å². The maximum absolute atomic E-state index is 12.1. The monoisotopic (exact) mass is 346 g/mol. The predicted molar refractivity (Wildman–Crippen MR) is 95.0 cm³/mol. The number of thioether (sulfide) groups is 1. The minimum Gasteiger partial charge on any atom is -0.497 e. The van der Waals surface area contributed by atoms with Gasteiger partial charge in [0.1, 0.15) is 11.5 Å². The highest BCUT2D eigenvalue weighted by atomic mass is 32.2. The van der Waals surface area contributed by atoms with Gasteiger partial charge in [-0.2, -0.15) is 0 Å². The molecule has 6 nitrogen and oxygen atoms in total. The Kier molecular flexibility index (Phi) is 6.08. The van der Waals surface area contributed by atoms with Crippen molar-refractivity contribution in [2.75, 3.05) is 31.1 Å². The van der Waals surface area contributed by atoms with E-state index < -0.39 is 11.8 Å². The van der Waals surface area contributed by atoms with Gasteiger partial charge in [-0.25, -0.2) is 0 Å². The lowest BCUT2D eigenvalue weighted by Gasteiger charge is -2.12. The fourth-order valence-corrected chi connectivity index (χ4v) is 2.44. The minimum atomic E-state index is -0.795. The first kappa shape index (κ1) is 17.7. The summed E-state index contributed by atoms with van der Waals surface area (Å²) in [7, 11) is 2.99. The number of benzene rings is 2. The quantitative estimate of drug-likeness (QED) is 0.643. The Balaban J connectivity index is 2.10. The molecule has 0 aliphatic heterocycles. The molecule has 2 aromatic carbocycles. The van der Waals surface area contributed by atoms with Gasteiger partial charge >= 0.3 is 11.8 Å². The molecule has 0 aliphatic carbocycles. The summed E-state index contributed by atoms with van der Waals surface area (Å²) in [5, 5.41) is 5.09. The average molecular weight is 346 g/mol. The van der Waals surface area contributed by atoms with Gasteiger partial charge in [0, 0.05) is 16.6 Å². The van der Waals surface area contributed by atoms with Crippen LogP contribution in [0.5, 0.6) is 11.5 Å². The zero-order valence-electron chi connectivity index (χ0n) is 13.6. The molecule has 0 unspecified atom stereocenters. The molecule has 2 amide bonds. The van der Waals surface area contributed by atoms with Gasteiger partial charge in [0.2, 0.25) is 0 Å². The average Bonchev–Trinajstić information content (AvgIpc) is 2.61. The van der Waals surface area contributed by atoms with Crippen molar-refractivity contribution in [2.24, 2.45) is 0 Å². The molecule has 2 aromatic rings. The van der Waals surface area contributed by atoms with Crippen LogP contribution < -0.4 is 20.1 Å². The molecule has 0 radical (unpaired) electrons. The summed E-state index contributed by atoms with van der Waals surface area (Å²) < 4.78 is 10.3. The summed E-state index contributed by atoms with van der Waals surface area (Å²) in [6.45, 7) is 0. The van der Waals surface area contributed by atoms with Gasteiger partial charge in [-0.1, -0.05) is 6.07 Å². The van der Waals surface area contributed by atoms with Gasteiger partial charge < -0.3 is 20.1 Å². The number of hydrogen-bond donors (Lipinski definition) is 2. The van der Waals surface area contributed by atoms with Gasteiger partial charge in [-0.05, 0) is 36.6 Å². The van der Waals surface area contributed by atoms with E-state index in [1.165, 1.54) is 14.2 Å². The van der Waals surface area contributed by atoms with E-state index in [9.17, 15) is 9.59 Å². The first-order valence-corrected chi connectivity index (χ1v) is 8.28. The molecule has 126 valence electrons. The third-order valence-corrected chi connectivity index (χ3v) is 3.91. The Bertz CT molecular complexity index is 749. The summed E-state index contributed by atoms with van der Waals surface area (Å²) in [6.07, 6.45) is 1.93. The van der Waals surface area contributed by atoms with E-state index in [1.807, 2.05) is 18.4 Å². The summed E-state index contributed by atoms with van der Waals surface area (Å²) >= 11 is 1.55. The van der Waals surface area contributed by atoms with Crippen molar-refractivity contribution in [2.45, 2.75) is 4.90 Å². The molecule has 2 N–H and O–H groups in total. The van der Waals surface area contributed by atoms with Crippen LogP contribution in [0.25, 0.3) is 0 Å². The predicted octanol–water partition coefficient (Wildman–Crippen LogP) is 3.00. The topological polar surface area (TPSA) is 76.7 Å². The van der Waals surface area contributed by atoms with E-state index in [1.54, 1.807) is 42.1 Å². The minimum absolute atomic E-state index is 0.356. The number of methoxy groups -OCH3 is 2. The standard InChI is InChI=1S/C17H18N2O4S/c1-22-12-7-8-15(23-2)14(10-12)19-17(21)16(20)18-11-5-4-6-13(9-11)24-3/h4-10H,1-3H3,(H,18,20)(H,19,21). The van der Waals surface area contributed by atoms with Crippen LogP contribution >= 0.6 is 11.8 Å². The lowest BCUT2D eigenvalue weighted by Crippen LogP contribution is -2.29. The Morgan fingerprint density at radius 2 is 1.71 bits per heavy atom. The van der Waals surface area contributed by atoms with Crippen LogP contribution in [0.2, 0.25) is 0 Å². The third kappa shape index (κ3) is 4.42. The Morgan fingerprint density at radius 3 is 2.38 bits per heavy atom. The highest BCUT2D eigenvalue weighted by Crippen LogP contribution is 2.28. The number of nitrogens with one attached hydrogen (secondary N) is 2. The summed E-state index contributed by atoms with van der Waals surface area (Å²) in [4.78, 5) is 25.2. The van der Waals surface area contributed by atoms with Gasteiger partial charge in [0.15, 0.2) is 0 Å². The van der Waals surface area contributed by atoms with Crippen molar-refractivity contribution in [3.05, 3.63) is 42.5 Å². The van der Waals surface area contributed by atoms with Gasteiger partial charge in [0.25, 0.3) is 0 Å². The zero-order valence-corrected chi connectivity index (χ0v) is 14.4. The zero-order chi connectivity index (χ0) is 17.5. The van der Waals surface area contributed by atoms with Crippen molar-refractivity contribution in [3.8, 4) is 11.5 Å². The number of amides is 2. The number of carbonyl (C=O) groups is 2. The van der Waals surface area contributed by atoms with Crippen LogP contribution in [-0.2, 0) is 9.59 Å². The number of carbonyl (C=O) groups excluding carboxylic acids is 2. The molecule has 0 spiro atoms. The first-order chi connectivity index (χ1) is 11.6. The normalized spacial score (nSPS) is 9.96. The Labute approximate surface area is 144 Å². The van der Waals surface area contributed by atoms with Crippen molar-refractivity contribution in [1.82, 2.24) is 0 Å². The van der Waals surface area contributed by atoms with E-state index in [0.29, 0.717) is 22.9 Å². The van der Waals surface area contributed by atoms with E-state index in [0.717, 1.165) is 4.90 Å². The molecule has 2 rings (SSSR count). The lowest BCUT2D eigenvalue weighted by atomic mass is 10.2. The summed E-state index contributed by atoms with van der Waals surface area (Å²) in [5.74, 6) is -0.588. The van der Waals surface area contributed by atoms with E-state index in [-0.39, 0.29) is 0 Å². The van der Waals surface area contributed by atoms with Gasteiger partial charge in [0.05, 0.1) is 19.9 Å².